The second-order valence-corrected chi connectivity index (χ2v) is 12.9. The minimum absolute atomic E-state index is 0.119. The lowest BCUT2D eigenvalue weighted by molar-refractivity contribution is -0.166. The van der Waals surface area contributed by atoms with Gasteiger partial charge in [0.2, 0.25) is 0 Å². The molecule has 6 heteroatoms. The SMILES string of the molecule is CC\C=C/C=C\C=C/CCCCCCCC(=O)OCC(COC(=O)C/C=C\C/C=C\C/C=C\CC)OC(=O)CCCCCCC/C=C\CCCC. The van der Waals surface area contributed by atoms with E-state index < -0.39 is 12.1 Å². The first-order valence-electron chi connectivity index (χ1n) is 20.1. The summed E-state index contributed by atoms with van der Waals surface area (Å²) in [5.41, 5.74) is 0. The highest BCUT2D eigenvalue weighted by Gasteiger charge is 2.19. The molecule has 51 heavy (non-hydrogen) atoms. The highest BCUT2D eigenvalue weighted by atomic mass is 16.6. The van der Waals surface area contributed by atoms with Gasteiger partial charge >= 0.3 is 17.9 Å². The average molecular weight is 709 g/mol. The fourth-order valence-electron chi connectivity index (χ4n) is 4.95. The highest BCUT2D eigenvalue weighted by molar-refractivity contribution is 5.72. The molecule has 0 aliphatic heterocycles. The van der Waals surface area contributed by atoms with Gasteiger partial charge in [-0.15, -0.1) is 0 Å². The van der Waals surface area contributed by atoms with Gasteiger partial charge in [-0.05, 0) is 70.6 Å². The van der Waals surface area contributed by atoms with E-state index in [1.165, 1.54) is 25.7 Å². The minimum atomic E-state index is -0.821. The highest BCUT2D eigenvalue weighted by Crippen LogP contribution is 2.12. The third-order valence-corrected chi connectivity index (χ3v) is 7.96. The monoisotopic (exact) mass is 709 g/mol. The van der Waals surface area contributed by atoms with Gasteiger partial charge < -0.3 is 14.2 Å². The molecule has 0 amide bonds. The fourth-order valence-corrected chi connectivity index (χ4v) is 4.95. The molecule has 0 fully saturated rings. The van der Waals surface area contributed by atoms with E-state index in [1.807, 2.05) is 12.2 Å². The number of rotatable bonds is 34. The minimum Gasteiger partial charge on any atom is -0.462 e. The van der Waals surface area contributed by atoms with Gasteiger partial charge in [0, 0.05) is 12.8 Å². The second kappa shape index (κ2) is 39.4. The van der Waals surface area contributed by atoms with Gasteiger partial charge in [0.25, 0.3) is 0 Å². The quantitative estimate of drug-likeness (QED) is 0.0218. The van der Waals surface area contributed by atoms with Crippen LogP contribution in [-0.4, -0.2) is 37.2 Å². The van der Waals surface area contributed by atoms with Crippen LogP contribution in [0.3, 0.4) is 0 Å². The topological polar surface area (TPSA) is 78.9 Å². The summed E-state index contributed by atoms with van der Waals surface area (Å²) in [6.07, 6.45) is 48.9. The number of esters is 3. The molecule has 0 aromatic carbocycles. The van der Waals surface area contributed by atoms with Crippen molar-refractivity contribution in [3.63, 3.8) is 0 Å². The van der Waals surface area contributed by atoms with Crippen molar-refractivity contribution in [2.75, 3.05) is 13.2 Å². The fraction of sp³-hybridized carbons (Fsp3) is 0.622. The van der Waals surface area contributed by atoms with Crippen LogP contribution in [0, 0.1) is 0 Å². The van der Waals surface area contributed by atoms with E-state index in [0.29, 0.717) is 12.8 Å². The zero-order valence-electron chi connectivity index (χ0n) is 32.6. The van der Waals surface area contributed by atoms with E-state index in [1.54, 1.807) is 6.08 Å². The molecule has 1 atom stereocenters. The molecule has 0 saturated carbocycles. The molecule has 0 N–H and O–H groups in total. The molecular weight excluding hydrogens is 636 g/mol. The first-order valence-corrected chi connectivity index (χ1v) is 20.1. The van der Waals surface area contributed by atoms with Crippen molar-refractivity contribution >= 4 is 17.9 Å². The molecule has 0 aromatic rings. The first-order chi connectivity index (χ1) is 25.0. The molecule has 0 aliphatic carbocycles. The summed E-state index contributed by atoms with van der Waals surface area (Å²) < 4.78 is 16.5. The summed E-state index contributed by atoms with van der Waals surface area (Å²) in [6, 6.07) is 0. The smallest absolute Gasteiger partial charge is 0.309 e. The average Bonchev–Trinajstić information content (AvgIpc) is 3.12. The van der Waals surface area contributed by atoms with E-state index in [-0.39, 0.29) is 31.6 Å². The van der Waals surface area contributed by atoms with Gasteiger partial charge in [-0.3, -0.25) is 14.4 Å². The molecule has 1 unspecified atom stereocenters. The Labute approximate surface area is 312 Å². The zero-order valence-corrected chi connectivity index (χ0v) is 32.6. The third-order valence-electron chi connectivity index (χ3n) is 7.96. The van der Waals surface area contributed by atoms with E-state index >= 15 is 0 Å². The van der Waals surface area contributed by atoms with Crippen LogP contribution in [0.15, 0.2) is 85.1 Å². The van der Waals surface area contributed by atoms with Crippen molar-refractivity contribution in [3.8, 4) is 0 Å². The van der Waals surface area contributed by atoms with Gasteiger partial charge in [0.15, 0.2) is 6.10 Å². The van der Waals surface area contributed by atoms with E-state index in [9.17, 15) is 14.4 Å². The van der Waals surface area contributed by atoms with Gasteiger partial charge in [0.1, 0.15) is 13.2 Å². The van der Waals surface area contributed by atoms with Crippen LogP contribution >= 0.6 is 0 Å². The Hall–Kier alpha value is -3.41. The Balaban J connectivity index is 4.52. The largest absolute Gasteiger partial charge is 0.462 e. The normalized spacial score (nSPS) is 12.9. The van der Waals surface area contributed by atoms with Crippen molar-refractivity contribution in [2.45, 2.75) is 168 Å². The summed E-state index contributed by atoms with van der Waals surface area (Å²) in [5.74, 6) is -1.09. The number of hydrogen-bond acceptors (Lipinski definition) is 6. The molecule has 0 bridgehead atoms. The van der Waals surface area contributed by atoms with E-state index in [0.717, 1.165) is 96.3 Å². The number of unbranched alkanes of at least 4 members (excludes halogenated alkanes) is 12. The summed E-state index contributed by atoms with van der Waals surface area (Å²) in [6.45, 7) is 6.18. The second-order valence-electron chi connectivity index (χ2n) is 12.9. The molecule has 0 spiro atoms. The lowest BCUT2D eigenvalue weighted by Gasteiger charge is -2.18. The summed E-state index contributed by atoms with van der Waals surface area (Å²) in [7, 11) is 0. The third kappa shape index (κ3) is 37.7. The molecule has 0 rings (SSSR count). The Kier molecular flexibility index (Phi) is 36.7. The standard InChI is InChI=1S/C45H72O6/c1-4-7-10-13-16-19-21-22-24-26-29-32-35-38-44(47)50-41-42(40-49-43(46)37-34-31-28-25-18-15-12-9-6-3)51-45(48)39-36-33-30-27-23-20-17-14-11-8-5-2/h7,9-10,12-14,16-19,21,25,31,34,42H,4-6,8,11,15,20,22-24,26-30,32-33,35-41H2,1-3H3/b10-7-,12-9-,16-13-,17-14-,21-19-,25-18-,34-31-. The van der Waals surface area contributed by atoms with Crippen LogP contribution in [0.1, 0.15) is 162 Å². The van der Waals surface area contributed by atoms with Crippen LogP contribution in [-0.2, 0) is 28.6 Å². The van der Waals surface area contributed by atoms with Crippen LogP contribution in [0.4, 0.5) is 0 Å². The van der Waals surface area contributed by atoms with Crippen molar-refractivity contribution in [3.05, 3.63) is 85.1 Å². The van der Waals surface area contributed by atoms with Crippen LogP contribution in [0.2, 0.25) is 0 Å². The maximum atomic E-state index is 12.6. The maximum absolute atomic E-state index is 12.6. The van der Waals surface area contributed by atoms with Crippen molar-refractivity contribution in [1.82, 2.24) is 0 Å². The summed E-state index contributed by atoms with van der Waals surface area (Å²) in [5, 5.41) is 0. The van der Waals surface area contributed by atoms with Crippen LogP contribution < -0.4 is 0 Å². The van der Waals surface area contributed by atoms with Gasteiger partial charge in [-0.25, -0.2) is 0 Å². The Bertz CT molecular complexity index is 1040. The molecule has 288 valence electrons. The van der Waals surface area contributed by atoms with Crippen molar-refractivity contribution in [1.29, 1.82) is 0 Å². The van der Waals surface area contributed by atoms with Gasteiger partial charge in [-0.1, -0.05) is 157 Å². The Morgan fingerprint density at radius 2 is 0.941 bits per heavy atom. The maximum Gasteiger partial charge on any atom is 0.309 e. The van der Waals surface area contributed by atoms with Crippen LogP contribution in [0.25, 0.3) is 0 Å². The lowest BCUT2D eigenvalue weighted by atomic mass is 10.1. The molecule has 0 aliphatic rings. The van der Waals surface area contributed by atoms with E-state index in [2.05, 4.69) is 87.6 Å². The molecule has 0 aromatic heterocycles. The van der Waals surface area contributed by atoms with E-state index in [4.69, 9.17) is 14.2 Å². The predicted octanol–water partition coefficient (Wildman–Crippen LogP) is 12.5. The molecule has 0 radical (unpaired) electrons. The first kappa shape index (κ1) is 47.6. The molecule has 0 heterocycles. The number of carbonyl (C=O) groups excluding carboxylic acids is 3. The van der Waals surface area contributed by atoms with Crippen molar-refractivity contribution in [2.24, 2.45) is 0 Å². The number of ether oxygens (including phenoxy) is 3. The number of allylic oxidation sites excluding steroid dienone is 13. The Morgan fingerprint density at radius 1 is 0.451 bits per heavy atom. The molecule has 0 saturated heterocycles. The van der Waals surface area contributed by atoms with Crippen molar-refractivity contribution < 1.29 is 28.6 Å². The number of carbonyl (C=O) groups is 3. The van der Waals surface area contributed by atoms with Crippen LogP contribution in [0.5, 0.6) is 0 Å². The molecule has 6 nitrogen and oxygen atoms in total. The van der Waals surface area contributed by atoms with Gasteiger partial charge in [0.05, 0.1) is 6.42 Å². The Morgan fingerprint density at radius 3 is 1.57 bits per heavy atom. The zero-order chi connectivity index (χ0) is 37.3. The lowest BCUT2D eigenvalue weighted by Crippen LogP contribution is -2.30. The number of hydrogen-bond donors (Lipinski definition) is 0. The predicted molar refractivity (Wildman–Crippen MR) is 214 cm³/mol. The molecular formula is C45H72O6. The van der Waals surface area contributed by atoms with Gasteiger partial charge in [-0.2, -0.15) is 0 Å². The summed E-state index contributed by atoms with van der Waals surface area (Å²) in [4.78, 5) is 37.4. The summed E-state index contributed by atoms with van der Waals surface area (Å²) >= 11 is 0.